The third-order valence-corrected chi connectivity index (χ3v) is 2.17. The van der Waals surface area contributed by atoms with Gasteiger partial charge in [0.1, 0.15) is 0 Å². The molecule has 1 heterocycles. The van der Waals surface area contributed by atoms with Gasteiger partial charge in [-0.25, -0.2) is 8.42 Å². The third kappa shape index (κ3) is 3.39. The lowest BCUT2D eigenvalue weighted by atomic mass is 10.3. The van der Waals surface area contributed by atoms with E-state index in [2.05, 4.69) is 5.32 Å². The first-order chi connectivity index (χ1) is 5.58. The van der Waals surface area contributed by atoms with Gasteiger partial charge in [0.25, 0.3) is 0 Å². The van der Waals surface area contributed by atoms with Crippen LogP contribution >= 0.6 is 0 Å². The fraction of sp³-hybridized carbons (Fsp3) is 0.250. The fourth-order valence-electron chi connectivity index (χ4n) is 0.886. The van der Waals surface area contributed by atoms with Gasteiger partial charge in [0.05, 0.1) is 5.75 Å². The normalized spacial score (nSPS) is 16.6. The molecular weight excluding hydrogens is 174 g/mol. The first kappa shape index (κ1) is 9.06. The molecule has 0 atom stereocenters. The Balaban J connectivity index is 2.71. The van der Waals surface area contributed by atoms with Crippen molar-refractivity contribution in [3.63, 3.8) is 0 Å². The van der Waals surface area contributed by atoms with E-state index >= 15 is 0 Å². The molecule has 12 heavy (non-hydrogen) atoms. The Morgan fingerprint density at radius 1 is 1.42 bits per heavy atom. The van der Waals surface area contributed by atoms with Gasteiger partial charge in [-0.05, 0) is 11.6 Å². The molecule has 0 aromatic heterocycles. The Morgan fingerprint density at radius 2 is 2.17 bits per heavy atom. The second kappa shape index (κ2) is 3.58. The summed E-state index contributed by atoms with van der Waals surface area (Å²) in [7, 11) is -2.93. The first-order valence-corrected chi connectivity index (χ1v) is 5.60. The summed E-state index contributed by atoms with van der Waals surface area (Å²) in [6.45, 7) is 0. The summed E-state index contributed by atoms with van der Waals surface area (Å²) in [4.78, 5) is 0. The molecule has 0 radical (unpaired) electrons. The molecular formula is C8H11NO2S. The Labute approximate surface area is 72.4 Å². The Kier molecular flexibility index (Phi) is 2.70. The molecule has 4 heteroatoms. The van der Waals surface area contributed by atoms with Crippen LogP contribution in [0.2, 0.25) is 0 Å². The number of hydrogen-bond acceptors (Lipinski definition) is 3. The molecule has 0 aromatic carbocycles. The highest BCUT2D eigenvalue weighted by Crippen LogP contribution is 2.02. The van der Waals surface area contributed by atoms with E-state index in [0.29, 0.717) is 0 Å². The van der Waals surface area contributed by atoms with Crippen molar-refractivity contribution in [2.24, 2.45) is 0 Å². The van der Waals surface area contributed by atoms with Crippen molar-refractivity contribution in [3.05, 3.63) is 36.2 Å². The van der Waals surface area contributed by atoms with E-state index in [4.69, 9.17) is 0 Å². The molecule has 1 N–H and O–H groups in total. The van der Waals surface area contributed by atoms with E-state index in [1.54, 1.807) is 24.6 Å². The molecule has 0 saturated carbocycles. The van der Waals surface area contributed by atoms with Gasteiger partial charge in [0, 0.05) is 18.7 Å². The maximum Gasteiger partial charge on any atom is 0.151 e. The van der Waals surface area contributed by atoms with Gasteiger partial charge in [-0.1, -0.05) is 12.2 Å². The number of rotatable bonds is 2. The standard InChI is InChI=1S/C8H11NO2S/c1-12(10,11)7-8-4-2-3-5-9-6-8/h2-6,9H,7H2,1H3. The molecule has 0 saturated heterocycles. The molecule has 1 rings (SSSR count). The largest absolute Gasteiger partial charge is 0.367 e. The van der Waals surface area contributed by atoms with Gasteiger partial charge < -0.3 is 5.32 Å². The van der Waals surface area contributed by atoms with Crippen molar-refractivity contribution in [3.8, 4) is 0 Å². The summed E-state index contributed by atoms with van der Waals surface area (Å²) in [6.07, 6.45) is 10.0. The lowest BCUT2D eigenvalue weighted by molar-refractivity contribution is 0.604. The van der Waals surface area contributed by atoms with E-state index < -0.39 is 9.84 Å². The molecule has 1 aliphatic heterocycles. The van der Waals surface area contributed by atoms with Crippen LogP contribution < -0.4 is 5.32 Å². The summed E-state index contributed by atoms with van der Waals surface area (Å²) in [6, 6.07) is 0. The monoisotopic (exact) mass is 185 g/mol. The van der Waals surface area contributed by atoms with Crippen LogP contribution in [0.3, 0.4) is 0 Å². The van der Waals surface area contributed by atoms with Gasteiger partial charge in [0.2, 0.25) is 0 Å². The zero-order valence-corrected chi connectivity index (χ0v) is 7.64. The van der Waals surface area contributed by atoms with E-state index in [-0.39, 0.29) is 5.75 Å². The molecule has 0 amide bonds. The molecule has 0 fully saturated rings. The van der Waals surface area contributed by atoms with Gasteiger partial charge in [-0.3, -0.25) is 0 Å². The van der Waals surface area contributed by atoms with Gasteiger partial charge in [0.15, 0.2) is 9.84 Å². The van der Waals surface area contributed by atoms with Crippen molar-refractivity contribution >= 4 is 9.84 Å². The molecule has 0 bridgehead atoms. The molecule has 66 valence electrons. The van der Waals surface area contributed by atoms with Crippen LogP contribution in [0.25, 0.3) is 0 Å². The second-order valence-electron chi connectivity index (χ2n) is 2.67. The van der Waals surface area contributed by atoms with Crippen LogP contribution in [0.4, 0.5) is 0 Å². The summed E-state index contributed by atoms with van der Waals surface area (Å²) >= 11 is 0. The summed E-state index contributed by atoms with van der Waals surface area (Å²) < 4.78 is 21.8. The van der Waals surface area contributed by atoms with Crippen molar-refractivity contribution in [1.82, 2.24) is 5.32 Å². The minimum absolute atomic E-state index is 0.0815. The topological polar surface area (TPSA) is 46.2 Å². The quantitative estimate of drug-likeness (QED) is 0.684. The van der Waals surface area contributed by atoms with Crippen molar-refractivity contribution in [2.75, 3.05) is 12.0 Å². The van der Waals surface area contributed by atoms with Crippen LogP contribution in [0.1, 0.15) is 0 Å². The number of nitrogens with one attached hydrogen (secondary N) is 1. The lowest BCUT2D eigenvalue weighted by Gasteiger charge is -1.98. The molecule has 0 aliphatic carbocycles. The van der Waals surface area contributed by atoms with Crippen LogP contribution in [0.5, 0.6) is 0 Å². The second-order valence-corrected chi connectivity index (χ2v) is 4.81. The van der Waals surface area contributed by atoms with Gasteiger partial charge in [-0.2, -0.15) is 0 Å². The Hall–Kier alpha value is -1.03. The van der Waals surface area contributed by atoms with Crippen LogP contribution in [0, 0.1) is 0 Å². The average Bonchev–Trinajstić information content (AvgIpc) is 2.12. The highest BCUT2D eigenvalue weighted by atomic mass is 32.2. The number of sulfone groups is 1. The Morgan fingerprint density at radius 3 is 2.83 bits per heavy atom. The zero-order chi connectivity index (χ0) is 9.03. The first-order valence-electron chi connectivity index (χ1n) is 3.54. The molecule has 3 nitrogen and oxygen atoms in total. The molecule has 0 unspecified atom stereocenters. The lowest BCUT2D eigenvalue weighted by Crippen LogP contribution is -2.06. The minimum atomic E-state index is -2.93. The number of allylic oxidation sites excluding steroid dienone is 3. The minimum Gasteiger partial charge on any atom is -0.367 e. The van der Waals surface area contributed by atoms with E-state index in [9.17, 15) is 8.42 Å². The summed E-state index contributed by atoms with van der Waals surface area (Å²) in [5.74, 6) is 0.0815. The Bertz CT molecular complexity index is 336. The fourth-order valence-corrected chi connectivity index (χ4v) is 1.67. The van der Waals surface area contributed by atoms with Crippen molar-refractivity contribution in [2.45, 2.75) is 0 Å². The average molecular weight is 185 g/mol. The third-order valence-electron chi connectivity index (χ3n) is 1.31. The van der Waals surface area contributed by atoms with E-state index in [1.165, 1.54) is 6.26 Å². The van der Waals surface area contributed by atoms with Crippen LogP contribution in [-0.4, -0.2) is 20.4 Å². The summed E-state index contributed by atoms with van der Waals surface area (Å²) in [5.41, 5.74) is 0.766. The molecule has 0 aromatic rings. The highest BCUT2D eigenvalue weighted by Gasteiger charge is 2.04. The van der Waals surface area contributed by atoms with Gasteiger partial charge >= 0.3 is 0 Å². The van der Waals surface area contributed by atoms with E-state index in [0.717, 1.165) is 5.57 Å². The smallest absolute Gasteiger partial charge is 0.151 e. The predicted octanol–water partition coefficient (Wildman–Crippen LogP) is 0.588. The zero-order valence-electron chi connectivity index (χ0n) is 6.82. The van der Waals surface area contributed by atoms with Crippen LogP contribution in [0.15, 0.2) is 36.2 Å². The SMILES string of the molecule is CS(=O)(=O)CC1=CNC=CC=C1. The highest BCUT2D eigenvalue weighted by molar-refractivity contribution is 7.90. The number of hydrogen-bond donors (Lipinski definition) is 1. The molecule has 1 aliphatic rings. The summed E-state index contributed by atoms with van der Waals surface area (Å²) in [5, 5.41) is 2.85. The van der Waals surface area contributed by atoms with E-state index in [1.807, 2.05) is 6.08 Å². The van der Waals surface area contributed by atoms with Crippen LogP contribution in [-0.2, 0) is 9.84 Å². The van der Waals surface area contributed by atoms with Crippen molar-refractivity contribution in [1.29, 1.82) is 0 Å². The van der Waals surface area contributed by atoms with Crippen molar-refractivity contribution < 1.29 is 8.42 Å². The van der Waals surface area contributed by atoms with Gasteiger partial charge in [-0.15, -0.1) is 0 Å². The predicted molar refractivity (Wildman–Crippen MR) is 49.2 cm³/mol. The maximum atomic E-state index is 10.9. The maximum absolute atomic E-state index is 10.9. The molecule has 0 spiro atoms.